The first kappa shape index (κ1) is 12.4. The number of carbonyl (C=O) groups is 1. The molecule has 0 spiro atoms. The summed E-state index contributed by atoms with van der Waals surface area (Å²) < 4.78 is 5.46. The van der Waals surface area contributed by atoms with Gasteiger partial charge in [0.2, 0.25) is 5.91 Å². The fraction of sp³-hybridized carbons (Fsp3) is 0.900. The molecular weight excluding hydrogens is 194 g/mol. The highest BCUT2D eigenvalue weighted by Gasteiger charge is 2.28. The molecule has 1 aliphatic rings. The Balaban J connectivity index is 2.51. The normalized spacial score (nSPS) is 27.1. The Morgan fingerprint density at radius 2 is 2.27 bits per heavy atom. The summed E-state index contributed by atoms with van der Waals surface area (Å²) in [5.74, 6) is 4.92. The minimum atomic E-state index is -0.110. The molecule has 3 N–H and O–H groups in total. The topological polar surface area (TPSA) is 67.6 Å². The van der Waals surface area contributed by atoms with Crippen LogP contribution in [0.15, 0.2) is 0 Å². The lowest BCUT2D eigenvalue weighted by Gasteiger charge is -2.37. The van der Waals surface area contributed by atoms with Crippen LogP contribution in [0, 0.1) is 5.92 Å². The molecule has 5 heteroatoms. The second-order valence-electron chi connectivity index (χ2n) is 4.21. The third kappa shape index (κ3) is 3.15. The maximum absolute atomic E-state index is 11.4. The van der Waals surface area contributed by atoms with Crippen LogP contribution >= 0.6 is 0 Å². The molecule has 1 fully saturated rings. The Bertz CT molecular complexity index is 223. The van der Waals surface area contributed by atoms with E-state index >= 15 is 0 Å². The van der Waals surface area contributed by atoms with E-state index in [9.17, 15) is 4.79 Å². The smallest absolute Gasteiger partial charge is 0.238 e. The monoisotopic (exact) mass is 215 g/mol. The highest BCUT2D eigenvalue weighted by molar-refractivity contribution is 5.78. The first-order chi connectivity index (χ1) is 7.06. The maximum atomic E-state index is 11.4. The van der Waals surface area contributed by atoms with Crippen LogP contribution in [0.3, 0.4) is 0 Å². The van der Waals surface area contributed by atoms with Gasteiger partial charge in [0, 0.05) is 19.1 Å². The molecule has 1 rings (SSSR count). The summed E-state index contributed by atoms with van der Waals surface area (Å²) in [5, 5.41) is 0. The first-order valence-electron chi connectivity index (χ1n) is 5.42. The van der Waals surface area contributed by atoms with Crippen LogP contribution in [0.25, 0.3) is 0 Å². The van der Waals surface area contributed by atoms with Gasteiger partial charge in [-0.1, -0.05) is 6.92 Å². The zero-order chi connectivity index (χ0) is 11.4. The molecule has 0 aromatic carbocycles. The molecule has 0 radical (unpaired) electrons. The molecule has 1 aliphatic heterocycles. The van der Waals surface area contributed by atoms with Crippen molar-refractivity contribution in [2.24, 2.45) is 11.8 Å². The standard InChI is InChI=1S/C10H21N3O2/c1-7-6-13(4-5-15-7)9(3)8(2)10(14)12-11/h7-9H,4-6,11H2,1-3H3,(H,12,14). The quantitative estimate of drug-likeness (QED) is 0.386. The first-order valence-corrected chi connectivity index (χ1v) is 5.42. The van der Waals surface area contributed by atoms with Gasteiger partial charge >= 0.3 is 0 Å². The van der Waals surface area contributed by atoms with E-state index in [1.807, 2.05) is 13.8 Å². The number of hydrogen-bond donors (Lipinski definition) is 2. The minimum Gasteiger partial charge on any atom is -0.376 e. The van der Waals surface area contributed by atoms with Gasteiger partial charge < -0.3 is 4.74 Å². The van der Waals surface area contributed by atoms with Crippen LogP contribution in [-0.4, -0.2) is 42.6 Å². The fourth-order valence-corrected chi connectivity index (χ4v) is 1.88. The molecule has 3 unspecified atom stereocenters. The van der Waals surface area contributed by atoms with E-state index in [1.165, 1.54) is 0 Å². The van der Waals surface area contributed by atoms with Crippen molar-refractivity contribution in [1.82, 2.24) is 10.3 Å². The van der Waals surface area contributed by atoms with Gasteiger partial charge in [-0.2, -0.15) is 0 Å². The van der Waals surface area contributed by atoms with Crippen molar-refractivity contribution in [2.45, 2.75) is 32.9 Å². The molecule has 0 bridgehead atoms. The van der Waals surface area contributed by atoms with Crippen molar-refractivity contribution < 1.29 is 9.53 Å². The Morgan fingerprint density at radius 1 is 1.60 bits per heavy atom. The predicted molar refractivity (Wildman–Crippen MR) is 57.9 cm³/mol. The lowest BCUT2D eigenvalue weighted by molar-refractivity contribution is -0.127. The second kappa shape index (κ2) is 5.44. The van der Waals surface area contributed by atoms with E-state index in [2.05, 4.69) is 17.2 Å². The summed E-state index contributed by atoms with van der Waals surface area (Å²) in [4.78, 5) is 13.7. The zero-order valence-electron chi connectivity index (χ0n) is 9.69. The van der Waals surface area contributed by atoms with Crippen LogP contribution in [0.4, 0.5) is 0 Å². The zero-order valence-corrected chi connectivity index (χ0v) is 9.69. The van der Waals surface area contributed by atoms with Gasteiger partial charge in [0.05, 0.1) is 18.6 Å². The third-order valence-corrected chi connectivity index (χ3v) is 3.13. The van der Waals surface area contributed by atoms with E-state index in [-0.39, 0.29) is 24.0 Å². The fourth-order valence-electron chi connectivity index (χ4n) is 1.88. The van der Waals surface area contributed by atoms with Crippen LogP contribution in [0.5, 0.6) is 0 Å². The summed E-state index contributed by atoms with van der Waals surface area (Å²) in [6.45, 7) is 8.50. The molecular formula is C10H21N3O2. The van der Waals surface area contributed by atoms with Crippen molar-refractivity contribution in [2.75, 3.05) is 19.7 Å². The van der Waals surface area contributed by atoms with Crippen molar-refractivity contribution in [3.05, 3.63) is 0 Å². The second-order valence-corrected chi connectivity index (χ2v) is 4.21. The molecule has 1 saturated heterocycles. The molecule has 1 amide bonds. The summed E-state index contributed by atoms with van der Waals surface area (Å²) in [5.41, 5.74) is 2.20. The van der Waals surface area contributed by atoms with Gasteiger partial charge in [-0.05, 0) is 13.8 Å². The molecule has 0 aromatic rings. The Hall–Kier alpha value is -0.650. The van der Waals surface area contributed by atoms with Crippen molar-refractivity contribution in [1.29, 1.82) is 0 Å². The van der Waals surface area contributed by atoms with Gasteiger partial charge in [-0.3, -0.25) is 15.1 Å². The van der Waals surface area contributed by atoms with Gasteiger partial charge in [-0.25, -0.2) is 5.84 Å². The van der Waals surface area contributed by atoms with Crippen LogP contribution in [-0.2, 0) is 9.53 Å². The Morgan fingerprint density at radius 3 is 2.80 bits per heavy atom. The van der Waals surface area contributed by atoms with E-state index in [4.69, 9.17) is 10.6 Å². The number of nitrogens with one attached hydrogen (secondary N) is 1. The average Bonchev–Trinajstić information content (AvgIpc) is 2.26. The lowest BCUT2D eigenvalue weighted by Crippen LogP contribution is -2.51. The summed E-state index contributed by atoms with van der Waals surface area (Å²) in [6, 6.07) is 0.194. The largest absolute Gasteiger partial charge is 0.376 e. The number of nitrogens with zero attached hydrogens (tertiary/aromatic N) is 1. The molecule has 0 saturated carbocycles. The Kier molecular flexibility index (Phi) is 4.50. The number of amides is 1. The number of hydrazine groups is 1. The molecule has 3 atom stereocenters. The van der Waals surface area contributed by atoms with E-state index in [0.29, 0.717) is 0 Å². The van der Waals surface area contributed by atoms with E-state index in [0.717, 1.165) is 19.7 Å². The number of morpholine rings is 1. The van der Waals surface area contributed by atoms with Gasteiger partial charge in [0.25, 0.3) is 0 Å². The van der Waals surface area contributed by atoms with E-state index < -0.39 is 0 Å². The highest BCUT2D eigenvalue weighted by atomic mass is 16.5. The van der Waals surface area contributed by atoms with Crippen molar-refractivity contribution >= 4 is 5.91 Å². The van der Waals surface area contributed by atoms with Gasteiger partial charge in [-0.15, -0.1) is 0 Å². The SMILES string of the molecule is CC1CN(C(C)C(C)C(=O)NN)CCO1. The Labute approximate surface area is 90.9 Å². The predicted octanol–water partition coefficient (Wildman–Crippen LogP) is -0.278. The molecule has 88 valence electrons. The molecule has 0 aliphatic carbocycles. The number of ether oxygens (including phenoxy) is 1. The van der Waals surface area contributed by atoms with Crippen LogP contribution in [0.1, 0.15) is 20.8 Å². The summed E-state index contributed by atoms with van der Waals surface area (Å²) in [6.07, 6.45) is 0.245. The van der Waals surface area contributed by atoms with Crippen molar-refractivity contribution in [3.8, 4) is 0 Å². The van der Waals surface area contributed by atoms with Crippen LogP contribution in [0.2, 0.25) is 0 Å². The molecule has 15 heavy (non-hydrogen) atoms. The average molecular weight is 215 g/mol. The van der Waals surface area contributed by atoms with Gasteiger partial charge in [0.15, 0.2) is 0 Å². The summed E-state index contributed by atoms with van der Waals surface area (Å²) >= 11 is 0. The molecule has 5 nitrogen and oxygen atoms in total. The minimum absolute atomic E-state index is 0.0969. The maximum Gasteiger partial charge on any atom is 0.238 e. The number of rotatable bonds is 3. The van der Waals surface area contributed by atoms with E-state index in [1.54, 1.807) is 0 Å². The molecule has 1 heterocycles. The van der Waals surface area contributed by atoms with Gasteiger partial charge in [0.1, 0.15) is 0 Å². The highest BCUT2D eigenvalue weighted by Crippen LogP contribution is 2.15. The molecule has 0 aromatic heterocycles. The number of nitrogens with two attached hydrogens (primary N) is 1. The lowest BCUT2D eigenvalue weighted by atomic mass is 10.0. The summed E-state index contributed by atoms with van der Waals surface area (Å²) in [7, 11) is 0. The van der Waals surface area contributed by atoms with Crippen molar-refractivity contribution in [3.63, 3.8) is 0 Å². The number of hydrogen-bond acceptors (Lipinski definition) is 4. The third-order valence-electron chi connectivity index (χ3n) is 3.13. The van der Waals surface area contributed by atoms with Crippen LogP contribution < -0.4 is 11.3 Å². The number of carbonyl (C=O) groups excluding carboxylic acids is 1.